The number of nitrogens with zero attached hydrogens (tertiary/aromatic N) is 2. The smallest absolute Gasteiger partial charge is 0.273 e. The summed E-state index contributed by atoms with van der Waals surface area (Å²) < 4.78 is 31.2. The Labute approximate surface area is 105 Å². The minimum atomic E-state index is -2.64. The number of rotatable bonds is 2. The van der Waals surface area contributed by atoms with Gasteiger partial charge in [0.15, 0.2) is 0 Å². The lowest BCUT2D eigenvalue weighted by molar-refractivity contribution is -0.0115. The van der Waals surface area contributed by atoms with Crippen molar-refractivity contribution in [2.75, 3.05) is 19.7 Å². The van der Waals surface area contributed by atoms with E-state index in [0.717, 1.165) is 19.5 Å². The third-order valence-corrected chi connectivity index (χ3v) is 3.61. The van der Waals surface area contributed by atoms with E-state index in [4.69, 9.17) is 4.74 Å². The molecule has 1 fully saturated rings. The van der Waals surface area contributed by atoms with Gasteiger partial charge in [0, 0.05) is 38.4 Å². The highest BCUT2D eigenvalue weighted by molar-refractivity contribution is 5.25. The molecule has 2 aliphatic heterocycles. The van der Waals surface area contributed by atoms with Crippen molar-refractivity contribution in [3.63, 3.8) is 0 Å². The first-order valence-corrected chi connectivity index (χ1v) is 6.26. The molecule has 3 rings (SSSR count). The van der Waals surface area contributed by atoms with Gasteiger partial charge in [-0.2, -0.15) is 0 Å². The van der Waals surface area contributed by atoms with Crippen molar-refractivity contribution in [1.29, 1.82) is 0 Å². The topological polar surface area (TPSA) is 25.4 Å². The first kappa shape index (κ1) is 12.0. The minimum Gasteiger partial charge on any atom is -0.370 e. The zero-order valence-corrected chi connectivity index (χ0v) is 10.1. The van der Waals surface area contributed by atoms with Crippen molar-refractivity contribution in [3.8, 4) is 0 Å². The van der Waals surface area contributed by atoms with Gasteiger partial charge in [0.25, 0.3) is 5.92 Å². The van der Waals surface area contributed by atoms with Crippen LogP contribution < -0.4 is 0 Å². The van der Waals surface area contributed by atoms with Crippen LogP contribution in [0.4, 0.5) is 8.78 Å². The van der Waals surface area contributed by atoms with Crippen LogP contribution in [-0.4, -0.2) is 41.6 Å². The maximum atomic E-state index is 13.0. The maximum Gasteiger partial charge on any atom is 0.273 e. The molecule has 0 aliphatic carbocycles. The zero-order chi connectivity index (χ0) is 12.6. The lowest BCUT2D eigenvalue weighted by Crippen LogP contribution is -2.36. The number of pyridine rings is 1. The van der Waals surface area contributed by atoms with E-state index in [2.05, 4.69) is 9.88 Å². The highest BCUT2D eigenvalue weighted by Crippen LogP contribution is 2.30. The predicted molar refractivity (Wildman–Crippen MR) is 62.5 cm³/mol. The van der Waals surface area contributed by atoms with E-state index in [1.165, 1.54) is 11.1 Å². The molecule has 98 valence electrons. The predicted octanol–water partition coefficient (Wildman–Crippen LogP) is 1.86. The SMILES string of the molecule is FC1(F)CO[C@H](CN2CCc3cnccc3C2)C1. The lowest BCUT2D eigenvalue weighted by Gasteiger charge is -2.30. The molecule has 3 heterocycles. The van der Waals surface area contributed by atoms with E-state index in [1.807, 2.05) is 12.3 Å². The first-order valence-electron chi connectivity index (χ1n) is 6.26. The van der Waals surface area contributed by atoms with E-state index in [-0.39, 0.29) is 12.5 Å². The Morgan fingerprint density at radius 2 is 2.33 bits per heavy atom. The van der Waals surface area contributed by atoms with Crippen LogP contribution in [0.1, 0.15) is 17.5 Å². The summed E-state index contributed by atoms with van der Waals surface area (Å²) in [5.74, 6) is -2.64. The molecule has 2 aliphatic rings. The van der Waals surface area contributed by atoms with Crippen molar-refractivity contribution in [2.45, 2.75) is 31.4 Å². The third kappa shape index (κ3) is 2.52. The van der Waals surface area contributed by atoms with E-state index in [9.17, 15) is 8.78 Å². The number of aromatic nitrogens is 1. The molecule has 0 saturated carbocycles. The molecule has 5 heteroatoms. The van der Waals surface area contributed by atoms with Crippen LogP contribution in [0, 0.1) is 0 Å². The Balaban J connectivity index is 1.60. The van der Waals surface area contributed by atoms with E-state index in [0.29, 0.717) is 6.54 Å². The van der Waals surface area contributed by atoms with Crippen molar-refractivity contribution in [2.24, 2.45) is 0 Å². The average molecular weight is 254 g/mol. The molecule has 3 nitrogen and oxygen atoms in total. The molecule has 0 spiro atoms. The van der Waals surface area contributed by atoms with Crippen LogP contribution in [0.3, 0.4) is 0 Å². The van der Waals surface area contributed by atoms with Gasteiger partial charge in [-0.1, -0.05) is 0 Å². The molecule has 0 N–H and O–H groups in total. The highest BCUT2D eigenvalue weighted by Gasteiger charge is 2.41. The Morgan fingerprint density at radius 1 is 1.44 bits per heavy atom. The summed E-state index contributed by atoms with van der Waals surface area (Å²) in [6.45, 7) is 1.87. The van der Waals surface area contributed by atoms with Gasteiger partial charge in [0.1, 0.15) is 6.61 Å². The number of hydrogen-bond acceptors (Lipinski definition) is 3. The Kier molecular flexibility index (Phi) is 3.03. The van der Waals surface area contributed by atoms with Crippen molar-refractivity contribution >= 4 is 0 Å². The highest BCUT2D eigenvalue weighted by atomic mass is 19.3. The van der Waals surface area contributed by atoms with Crippen LogP contribution in [-0.2, 0) is 17.7 Å². The van der Waals surface area contributed by atoms with Crippen LogP contribution in [0.5, 0.6) is 0 Å². The number of halogens is 2. The molecule has 1 aromatic rings. The fourth-order valence-corrected chi connectivity index (χ4v) is 2.69. The normalized spacial score (nSPS) is 27.1. The van der Waals surface area contributed by atoms with E-state index < -0.39 is 12.5 Å². The Morgan fingerprint density at radius 3 is 3.11 bits per heavy atom. The molecule has 0 unspecified atom stereocenters. The molecule has 1 saturated heterocycles. The summed E-state index contributed by atoms with van der Waals surface area (Å²) in [5.41, 5.74) is 2.52. The second-order valence-electron chi connectivity index (χ2n) is 5.12. The molecule has 0 amide bonds. The standard InChI is InChI=1S/C13H16F2N2O/c14-13(15)5-12(18-9-13)8-17-4-2-10-6-16-3-1-11(10)7-17/h1,3,6,12H,2,4-5,7-9H2/t12-/m0/s1. The minimum absolute atomic E-state index is 0.146. The van der Waals surface area contributed by atoms with Crippen LogP contribution >= 0.6 is 0 Å². The number of ether oxygens (including phenoxy) is 1. The molecule has 0 aromatic carbocycles. The maximum absolute atomic E-state index is 13.0. The average Bonchev–Trinajstić information content (AvgIpc) is 2.68. The van der Waals surface area contributed by atoms with E-state index >= 15 is 0 Å². The number of fused-ring (bicyclic) bond motifs is 1. The van der Waals surface area contributed by atoms with Crippen LogP contribution in [0.2, 0.25) is 0 Å². The summed E-state index contributed by atoms with van der Waals surface area (Å²) in [4.78, 5) is 6.29. The molecule has 0 radical (unpaired) electrons. The van der Waals surface area contributed by atoms with Gasteiger partial charge in [-0.25, -0.2) is 8.78 Å². The third-order valence-electron chi connectivity index (χ3n) is 3.61. The number of hydrogen-bond donors (Lipinski definition) is 0. The van der Waals surface area contributed by atoms with Gasteiger partial charge in [-0.15, -0.1) is 0 Å². The van der Waals surface area contributed by atoms with Gasteiger partial charge < -0.3 is 4.74 Å². The largest absolute Gasteiger partial charge is 0.370 e. The van der Waals surface area contributed by atoms with Gasteiger partial charge in [-0.3, -0.25) is 9.88 Å². The molecular weight excluding hydrogens is 238 g/mol. The lowest BCUT2D eigenvalue weighted by atomic mass is 10.0. The van der Waals surface area contributed by atoms with Crippen LogP contribution in [0.15, 0.2) is 18.5 Å². The fourth-order valence-electron chi connectivity index (χ4n) is 2.69. The zero-order valence-electron chi connectivity index (χ0n) is 10.1. The summed E-state index contributed by atoms with van der Waals surface area (Å²) in [5, 5.41) is 0. The van der Waals surface area contributed by atoms with Gasteiger partial charge >= 0.3 is 0 Å². The summed E-state index contributed by atoms with van der Waals surface area (Å²) in [6, 6.07) is 2.01. The van der Waals surface area contributed by atoms with Crippen LogP contribution in [0.25, 0.3) is 0 Å². The van der Waals surface area contributed by atoms with Crippen molar-refractivity contribution < 1.29 is 13.5 Å². The van der Waals surface area contributed by atoms with Gasteiger partial charge in [-0.05, 0) is 23.6 Å². The number of alkyl halides is 2. The molecule has 18 heavy (non-hydrogen) atoms. The summed E-state index contributed by atoms with van der Waals surface area (Å²) in [7, 11) is 0. The van der Waals surface area contributed by atoms with Crippen molar-refractivity contribution in [3.05, 3.63) is 29.6 Å². The second kappa shape index (κ2) is 4.55. The molecule has 1 aromatic heterocycles. The Bertz CT molecular complexity index is 439. The Hall–Kier alpha value is -1.07. The first-order chi connectivity index (χ1) is 8.62. The van der Waals surface area contributed by atoms with Gasteiger partial charge in [0.2, 0.25) is 0 Å². The molecule has 1 atom stereocenters. The van der Waals surface area contributed by atoms with E-state index in [1.54, 1.807) is 6.20 Å². The summed E-state index contributed by atoms with van der Waals surface area (Å²) in [6.07, 6.45) is 4.14. The monoisotopic (exact) mass is 254 g/mol. The quantitative estimate of drug-likeness (QED) is 0.805. The second-order valence-corrected chi connectivity index (χ2v) is 5.12. The van der Waals surface area contributed by atoms with Gasteiger partial charge in [0.05, 0.1) is 6.10 Å². The summed E-state index contributed by atoms with van der Waals surface area (Å²) >= 11 is 0. The molecule has 0 bridgehead atoms. The molecular formula is C13H16F2N2O. The fraction of sp³-hybridized carbons (Fsp3) is 0.615. The van der Waals surface area contributed by atoms with Crippen molar-refractivity contribution in [1.82, 2.24) is 9.88 Å².